The minimum Gasteiger partial charge on any atom is -0.467 e. The highest BCUT2D eigenvalue weighted by atomic mass is 19.1. The van der Waals surface area contributed by atoms with Gasteiger partial charge in [-0.1, -0.05) is 43.7 Å². The van der Waals surface area contributed by atoms with E-state index < -0.39 is 11.4 Å². The number of ether oxygens (including phenoxy) is 3. The van der Waals surface area contributed by atoms with Crippen LogP contribution in [-0.2, 0) is 4.74 Å². The van der Waals surface area contributed by atoms with Gasteiger partial charge < -0.3 is 14.2 Å². The average molecular weight is 519 g/mol. The summed E-state index contributed by atoms with van der Waals surface area (Å²) in [5, 5.41) is 11.7. The summed E-state index contributed by atoms with van der Waals surface area (Å²) in [4.78, 5) is 16.9. The fourth-order valence-electron chi connectivity index (χ4n) is 3.36. The SMILES string of the molecule is CC.CN=[N+]=Nc1cnn(-c2ccc(C)cc2)c(=O)c1Oc1ccc(-c2ccc(F)cc2OCOC)cc1. The molecule has 0 aliphatic rings. The van der Waals surface area contributed by atoms with Crippen molar-refractivity contribution < 1.29 is 18.6 Å². The Bertz CT molecular complexity index is 1480. The Morgan fingerprint density at radius 3 is 2.39 bits per heavy atom. The molecule has 4 aromatic rings. The summed E-state index contributed by atoms with van der Waals surface area (Å²) in [6, 6.07) is 18.5. The van der Waals surface area contributed by atoms with E-state index in [1.165, 1.54) is 37.2 Å². The standard InChI is InChI=1S/C26H23FN5O4.C2H6/c1-17-4-9-20(10-5-17)32-26(33)25(23(15-29-32)30-31-28-2)36-21-11-6-18(7-12-21)22-13-8-19(27)14-24(22)35-16-34-3;1-2/h4-15H,16H2,1-3H3;1-2H3/q+1;. The van der Waals surface area contributed by atoms with Crippen molar-refractivity contribution in [2.75, 3.05) is 21.0 Å². The van der Waals surface area contributed by atoms with Crippen LogP contribution in [0.2, 0.25) is 0 Å². The second-order valence-corrected chi connectivity index (χ2v) is 7.62. The van der Waals surface area contributed by atoms with E-state index in [-0.39, 0.29) is 18.2 Å². The topological polar surface area (TPSA) is 101 Å². The fraction of sp³-hybridized carbons (Fsp3) is 0.214. The van der Waals surface area contributed by atoms with Crippen LogP contribution in [-0.4, -0.2) is 30.7 Å². The number of halogens is 1. The van der Waals surface area contributed by atoms with E-state index in [9.17, 15) is 9.18 Å². The molecule has 38 heavy (non-hydrogen) atoms. The molecule has 0 radical (unpaired) electrons. The normalized spacial score (nSPS) is 10.1. The van der Waals surface area contributed by atoms with Crippen molar-refractivity contribution in [2.24, 2.45) is 10.2 Å². The molecule has 0 bridgehead atoms. The minimum absolute atomic E-state index is 0.0195. The van der Waals surface area contributed by atoms with Crippen molar-refractivity contribution in [1.82, 2.24) is 14.7 Å². The molecule has 0 saturated carbocycles. The van der Waals surface area contributed by atoms with Gasteiger partial charge >= 0.3 is 5.56 Å². The van der Waals surface area contributed by atoms with Gasteiger partial charge in [-0.3, -0.25) is 4.79 Å². The number of nitrogens with zero attached hydrogens (tertiary/aromatic N) is 5. The monoisotopic (exact) mass is 518 g/mol. The quantitative estimate of drug-likeness (QED) is 0.153. The molecular weight excluding hydrogens is 489 g/mol. The third-order valence-corrected chi connectivity index (χ3v) is 5.10. The van der Waals surface area contributed by atoms with Crippen molar-refractivity contribution >= 4 is 5.69 Å². The molecule has 0 fully saturated rings. The third-order valence-electron chi connectivity index (χ3n) is 5.10. The van der Waals surface area contributed by atoms with Gasteiger partial charge in [0.15, 0.2) is 11.9 Å². The van der Waals surface area contributed by atoms with Crippen LogP contribution in [0.3, 0.4) is 0 Å². The first-order chi connectivity index (χ1) is 18.5. The lowest BCUT2D eigenvalue weighted by molar-refractivity contribution is 0.0513. The molecular formula is C28H29FN5O4+. The van der Waals surface area contributed by atoms with Gasteiger partial charge in [0, 0.05) is 18.7 Å². The Balaban J connectivity index is 0.00000195. The zero-order valence-electron chi connectivity index (χ0n) is 21.9. The Morgan fingerprint density at radius 1 is 1.03 bits per heavy atom. The number of aryl methyl sites for hydroxylation is 1. The number of methoxy groups -OCH3 is 1. The molecule has 0 unspecified atom stereocenters. The van der Waals surface area contributed by atoms with Crippen LogP contribution >= 0.6 is 0 Å². The van der Waals surface area contributed by atoms with Gasteiger partial charge in [0.1, 0.15) is 29.5 Å². The minimum atomic E-state index is -0.510. The van der Waals surface area contributed by atoms with E-state index >= 15 is 0 Å². The lowest BCUT2D eigenvalue weighted by Gasteiger charge is -2.12. The van der Waals surface area contributed by atoms with E-state index in [4.69, 9.17) is 14.2 Å². The summed E-state index contributed by atoms with van der Waals surface area (Å²) in [7, 11) is 2.95. The summed E-state index contributed by atoms with van der Waals surface area (Å²) in [5.74, 6) is 0.236. The summed E-state index contributed by atoms with van der Waals surface area (Å²) in [6.45, 7) is 5.93. The lowest BCUT2D eigenvalue weighted by Crippen LogP contribution is -2.22. The largest absolute Gasteiger partial charge is 0.467 e. The maximum absolute atomic E-state index is 13.7. The van der Waals surface area contributed by atoms with E-state index in [0.29, 0.717) is 22.7 Å². The highest BCUT2D eigenvalue weighted by molar-refractivity contribution is 5.71. The second kappa shape index (κ2) is 13.6. The summed E-state index contributed by atoms with van der Waals surface area (Å²) >= 11 is 0. The van der Waals surface area contributed by atoms with Gasteiger partial charge in [0.05, 0.1) is 11.9 Å². The zero-order valence-corrected chi connectivity index (χ0v) is 21.9. The van der Waals surface area contributed by atoms with Gasteiger partial charge in [-0.05, 0) is 48.9 Å². The first-order valence-corrected chi connectivity index (χ1v) is 11.9. The first kappa shape index (κ1) is 27.9. The molecule has 10 heteroatoms. The van der Waals surface area contributed by atoms with Crippen molar-refractivity contribution in [3.63, 3.8) is 0 Å². The Morgan fingerprint density at radius 2 is 1.74 bits per heavy atom. The van der Waals surface area contributed by atoms with Crippen LogP contribution in [0.1, 0.15) is 19.4 Å². The summed E-state index contributed by atoms with van der Waals surface area (Å²) < 4.78 is 31.3. The van der Waals surface area contributed by atoms with Crippen LogP contribution in [0.25, 0.3) is 16.8 Å². The van der Waals surface area contributed by atoms with Gasteiger partial charge in [0.2, 0.25) is 16.3 Å². The fourth-order valence-corrected chi connectivity index (χ4v) is 3.36. The van der Waals surface area contributed by atoms with Crippen molar-refractivity contribution in [1.29, 1.82) is 0 Å². The van der Waals surface area contributed by atoms with E-state index in [1.54, 1.807) is 42.5 Å². The molecule has 0 N–H and O–H groups in total. The molecule has 1 heterocycles. The number of hydrogen-bond donors (Lipinski definition) is 0. The van der Waals surface area contributed by atoms with Gasteiger partial charge in [-0.15, -0.1) is 0 Å². The number of benzene rings is 3. The molecule has 4 rings (SSSR count). The third kappa shape index (κ3) is 6.76. The zero-order chi connectivity index (χ0) is 27.5. The Hall–Kier alpha value is -4.66. The predicted molar refractivity (Wildman–Crippen MR) is 143 cm³/mol. The van der Waals surface area contributed by atoms with Gasteiger partial charge in [-0.25, -0.2) is 4.39 Å². The van der Waals surface area contributed by atoms with Crippen LogP contribution in [0.4, 0.5) is 10.1 Å². The highest BCUT2D eigenvalue weighted by Gasteiger charge is 2.18. The Kier molecular flexibility index (Phi) is 9.99. The molecule has 0 aliphatic heterocycles. The Labute approximate surface area is 219 Å². The van der Waals surface area contributed by atoms with Gasteiger partial charge in [-0.2, -0.15) is 9.78 Å². The van der Waals surface area contributed by atoms with Gasteiger partial charge in [0.25, 0.3) is 0 Å². The van der Waals surface area contributed by atoms with E-state index in [2.05, 4.69) is 20.2 Å². The van der Waals surface area contributed by atoms with Crippen molar-refractivity contribution in [2.45, 2.75) is 20.8 Å². The first-order valence-electron chi connectivity index (χ1n) is 11.9. The molecule has 3 aromatic carbocycles. The predicted octanol–water partition coefficient (Wildman–Crippen LogP) is 6.38. The van der Waals surface area contributed by atoms with Crippen LogP contribution in [0, 0.1) is 12.7 Å². The number of hydrogen-bond acceptors (Lipinski definition) is 7. The number of aromatic nitrogens is 2. The lowest BCUT2D eigenvalue weighted by atomic mass is 10.0. The molecule has 0 spiro atoms. The van der Waals surface area contributed by atoms with E-state index in [0.717, 1.165) is 11.1 Å². The molecule has 9 nitrogen and oxygen atoms in total. The molecule has 196 valence electrons. The van der Waals surface area contributed by atoms with Crippen molar-refractivity contribution in [3.8, 4) is 34.1 Å². The smallest absolute Gasteiger partial charge is 0.317 e. The van der Waals surface area contributed by atoms with Crippen LogP contribution < -0.4 is 19.9 Å². The van der Waals surface area contributed by atoms with Crippen LogP contribution in [0.15, 0.2) is 87.9 Å². The highest BCUT2D eigenvalue weighted by Crippen LogP contribution is 2.33. The average Bonchev–Trinajstić information content (AvgIpc) is 2.94. The summed E-state index contributed by atoms with van der Waals surface area (Å²) in [5.41, 5.74) is 2.68. The summed E-state index contributed by atoms with van der Waals surface area (Å²) in [6.07, 6.45) is 1.39. The molecule has 1 aromatic heterocycles. The molecule has 0 aliphatic carbocycles. The van der Waals surface area contributed by atoms with Crippen molar-refractivity contribution in [3.05, 3.63) is 94.7 Å². The maximum atomic E-state index is 13.7. The molecule has 0 amide bonds. The number of rotatable bonds is 8. The van der Waals surface area contributed by atoms with E-state index in [1.807, 2.05) is 32.9 Å². The molecule has 0 saturated heterocycles. The van der Waals surface area contributed by atoms with Crippen LogP contribution in [0.5, 0.6) is 17.2 Å². The maximum Gasteiger partial charge on any atom is 0.317 e. The molecule has 0 atom stereocenters. The second-order valence-electron chi connectivity index (χ2n) is 7.62.